The molecule has 6 nitrogen and oxygen atoms in total. The van der Waals surface area contributed by atoms with Gasteiger partial charge < -0.3 is 19.7 Å². The van der Waals surface area contributed by atoms with Gasteiger partial charge in [0.1, 0.15) is 5.60 Å². The van der Waals surface area contributed by atoms with Gasteiger partial charge >= 0.3 is 0 Å². The molecule has 25 heavy (non-hydrogen) atoms. The van der Waals surface area contributed by atoms with E-state index in [0.29, 0.717) is 24.8 Å². The molecule has 2 heterocycles. The van der Waals surface area contributed by atoms with E-state index in [0.717, 1.165) is 12.0 Å². The van der Waals surface area contributed by atoms with Crippen molar-refractivity contribution in [2.75, 3.05) is 33.9 Å². The number of benzene rings is 1. The molecule has 1 aromatic rings. The zero-order valence-corrected chi connectivity index (χ0v) is 15.2. The van der Waals surface area contributed by atoms with E-state index in [9.17, 15) is 9.59 Å². The molecule has 0 unspecified atom stereocenters. The number of nitrogens with one attached hydrogen (secondary N) is 1. The zero-order valence-electron chi connectivity index (χ0n) is 14.5. The average Bonchev–Trinajstić information content (AvgIpc) is 3.19. The van der Waals surface area contributed by atoms with Crippen molar-refractivity contribution in [3.8, 4) is 0 Å². The van der Waals surface area contributed by atoms with Crippen molar-refractivity contribution in [2.24, 2.45) is 5.92 Å². The summed E-state index contributed by atoms with van der Waals surface area (Å²) in [7, 11) is 3.35. The molecule has 0 aromatic heterocycles. The highest BCUT2D eigenvalue weighted by Gasteiger charge is 2.44. The minimum atomic E-state index is -0.476. The van der Waals surface area contributed by atoms with Crippen molar-refractivity contribution in [1.29, 1.82) is 0 Å². The van der Waals surface area contributed by atoms with E-state index in [2.05, 4.69) is 5.32 Å². The third-order valence-electron chi connectivity index (χ3n) is 5.20. The number of carbonyl (C=O) groups excluding carboxylic acids is 2. The molecule has 136 valence electrons. The van der Waals surface area contributed by atoms with Gasteiger partial charge in [-0.2, -0.15) is 0 Å². The minimum Gasteiger partial charge on any atom is -0.378 e. The standard InChI is InChI=1S/C18H23ClN2O4/c1-21-15(22)9-14(16(21)12-4-3-5-13(19)8-12)17(23)20-10-18(24-2)6-7-25-11-18/h3-5,8,14,16H,6-7,9-11H2,1-2H3,(H,20,23)/t14-,16+,18-/m0/s1. The van der Waals surface area contributed by atoms with Crippen LogP contribution in [0.3, 0.4) is 0 Å². The van der Waals surface area contributed by atoms with Crippen LogP contribution in [0, 0.1) is 5.92 Å². The number of rotatable bonds is 5. The summed E-state index contributed by atoms with van der Waals surface area (Å²) in [5.74, 6) is -0.644. The van der Waals surface area contributed by atoms with E-state index >= 15 is 0 Å². The Bertz CT molecular complexity index is 660. The van der Waals surface area contributed by atoms with Crippen LogP contribution in [0.5, 0.6) is 0 Å². The van der Waals surface area contributed by atoms with E-state index in [-0.39, 0.29) is 24.3 Å². The molecule has 2 aliphatic heterocycles. The molecule has 0 bridgehead atoms. The number of ether oxygens (including phenoxy) is 2. The molecule has 0 spiro atoms. The summed E-state index contributed by atoms with van der Waals surface area (Å²) < 4.78 is 10.9. The highest BCUT2D eigenvalue weighted by Crippen LogP contribution is 2.38. The second kappa shape index (κ2) is 7.32. The van der Waals surface area contributed by atoms with E-state index in [4.69, 9.17) is 21.1 Å². The Morgan fingerprint density at radius 3 is 2.96 bits per heavy atom. The number of amides is 2. The lowest BCUT2D eigenvalue weighted by molar-refractivity contribution is -0.129. The normalized spacial score (nSPS) is 29.2. The summed E-state index contributed by atoms with van der Waals surface area (Å²) in [5, 5.41) is 3.55. The number of likely N-dealkylation sites (tertiary alicyclic amines) is 1. The van der Waals surface area contributed by atoms with Crippen LogP contribution in [-0.4, -0.2) is 56.2 Å². The molecule has 2 amide bonds. The Balaban J connectivity index is 1.74. The van der Waals surface area contributed by atoms with Crippen LogP contribution in [0.1, 0.15) is 24.4 Å². The maximum absolute atomic E-state index is 12.8. The first-order valence-electron chi connectivity index (χ1n) is 8.37. The summed E-state index contributed by atoms with van der Waals surface area (Å²) in [5.41, 5.74) is 0.391. The Labute approximate surface area is 152 Å². The summed E-state index contributed by atoms with van der Waals surface area (Å²) in [6, 6.07) is 7.00. The maximum atomic E-state index is 12.8. The molecule has 3 rings (SSSR count). The minimum absolute atomic E-state index is 0.0456. The lowest BCUT2D eigenvalue weighted by Gasteiger charge is -2.28. The Morgan fingerprint density at radius 2 is 2.32 bits per heavy atom. The summed E-state index contributed by atoms with van der Waals surface area (Å²) in [6.45, 7) is 1.46. The monoisotopic (exact) mass is 366 g/mol. The van der Waals surface area contributed by atoms with Gasteiger partial charge in [0, 0.05) is 45.2 Å². The van der Waals surface area contributed by atoms with Crippen molar-refractivity contribution >= 4 is 23.4 Å². The van der Waals surface area contributed by atoms with Gasteiger partial charge in [-0.05, 0) is 17.7 Å². The van der Waals surface area contributed by atoms with Crippen LogP contribution in [0.2, 0.25) is 5.02 Å². The number of nitrogens with zero attached hydrogens (tertiary/aromatic N) is 1. The van der Waals surface area contributed by atoms with Gasteiger partial charge in [0.2, 0.25) is 11.8 Å². The summed E-state index contributed by atoms with van der Waals surface area (Å²) >= 11 is 6.08. The molecule has 2 saturated heterocycles. The number of methoxy groups -OCH3 is 1. The van der Waals surface area contributed by atoms with Crippen molar-refractivity contribution < 1.29 is 19.1 Å². The first-order chi connectivity index (χ1) is 12.0. The molecule has 0 radical (unpaired) electrons. The number of hydrogen-bond acceptors (Lipinski definition) is 4. The van der Waals surface area contributed by atoms with Crippen LogP contribution < -0.4 is 5.32 Å². The second-order valence-corrected chi connectivity index (χ2v) is 7.16. The number of hydrogen-bond donors (Lipinski definition) is 1. The fraction of sp³-hybridized carbons (Fsp3) is 0.556. The SMILES string of the molecule is CO[C@]1(CNC(=O)[C@H]2CC(=O)N(C)[C@@H]2c2cccc(Cl)c2)CCOC1. The number of halogens is 1. The quantitative estimate of drug-likeness (QED) is 0.862. The van der Waals surface area contributed by atoms with Crippen LogP contribution in [0.25, 0.3) is 0 Å². The largest absolute Gasteiger partial charge is 0.378 e. The smallest absolute Gasteiger partial charge is 0.226 e. The topological polar surface area (TPSA) is 67.9 Å². The molecule has 0 saturated carbocycles. The first-order valence-corrected chi connectivity index (χ1v) is 8.75. The van der Waals surface area contributed by atoms with Crippen molar-refractivity contribution in [3.05, 3.63) is 34.9 Å². The molecule has 0 aliphatic carbocycles. The van der Waals surface area contributed by atoms with Gasteiger partial charge in [0.15, 0.2) is 0 Å². The van der Waals surface area contributed by atoms with Gasteiger partial charge in [0.05, 0.1) is 18.6 Å². The van der Waals surface area contributed by atoms with Crippen LogP contribution in [0.4, 0.5) is 0 Å². The molecule has 2 aliphatic rings. The van der Waals surface area contributed by atoms with Crippen LogP contribution >= 0.6 is 11.6 Å². The van der Waals surface area contributed by atoms with Gasteiger partial charge in [0.25, 0.3) is 0 Å². The van der Waals surface area contributed by atoms with E-state index in [1.807, 2.05) is 18.2 Å². The molecule has 1 aromatic carbocycles. The highest BCUT2D eigenvalue weighted by atomic mass is 35.5. The fourth-order valence-electron chi connectivity index (χ4n) is 3.59. The molecular weight excluding hydrogens is 344 g/mol. The van der Waals surface area contributed by atoms with Crippen molar-refractivity contribution in [1.82, 2.24) is 10.2 Å². The lowest BCUT2D eigenvalue weighted by atomic mass is 9.92. The maximum Gasteiger partial charge on any atom is 0.226 e. The molecular formula is C18H23ClN2O4. The Morgan fingerprint density at radius 1 is 1.52 bits per heavy atom. The molecule has 7 heteroatoms. The Hall–Kier alpha value is -1.63. The first kappa shape index (κ1) is 18.2. The van der Waals surface area contributed by atoms with E-state index in [1.54, 1.807) is 25.1 Å². The third kappa shape index (κ3) is 3.66. The molecule has 3 atom stereocenters. The van der Waals surface area contributed by atoms with Gasteiger partial charge in [-0.25, -0.2) is 0 Å². The van der Waals surface area contributed by atoms with E-state index < -0.39 is 11.5 Å². The lowest BCUT2D eigenvalue weighted by Crippen LogP contribution is -2.47. The summed E-state index contributed by atoms with van der Waals surface area (Å²) in [6.07, 6.45) is 0.932. The number of carbonyl (C=O) groups is 2. The predicted octanol–water partition coefficient (Wildman–Crippen LogP) is 1.78. The third-order valence-corrected chi connectivity index (χ3v) is 5.43. The average molecular weight is 367 g/mol. The summed E-state index contributed by atoms with van der Waals surface area (Å²) in [4.78, 5) is 26.6. The van der Waals surface area contributed by atoms with Crippen molar-refractivity contribution in [2.45, 2.75) is 24.5 Å². The van der Waals surface area contributed by atoms with Crippen molar-refractivity contribution in [3.63, 3.8) is 0 Å². The zero-order chi connectivity index (χ0) is 18.0. The highest BCUT2D eigenvalue weighted by molar-refractivity contribution is 6.30. The predicted molar refractivity (Wildman–Crippen MR) is 93.3 cm³/mol. The fourth-order valence-corrected chi connectivity index (χ4v) is 3.79. The van der Waals surface area contributed by atoms with Gasteiger partial charge in [-0.3, -0.25) is 9.59 Å². The van der Waals surface area contributed by atoms with Gasteiger partial charge in [-0.1, -0.05) is 23.7 Å². The Kier molecular flexibility index (Phi) is 5.32. The molecule has 2 fully saturated rings. The second-order valence-electron chi connectivity index (χ2n) is 6.72. The van der Waals surface area contributed by atoms with E-state index in [1.165, 1.54) is 0 Å². The van der Waals surface area contributed by atoms with Crippen LogP contribution in [-0.2, 0) is 19.1 Å². The molecule has 1 N–H and O–H groups in total. The van der Waals surface area contributed by atoms with Crippen LogP contribution in [0.15, 0.2) is 24.3 Å². The van der Waals surface area contributed by atoms with Gasteiger partial charge in [-0.15, -0.1) is 0 Å².